The van der Waals surface area contributed by atoms with Crippen LogP contribution in [-0.2, 0) is 12.6 Å². The largest absolute Gasteiger partial charge is 0.416 e. The Bertz CT molecular complexity index is 575. The molecule has 0 aliphatic heterocycles. The van der Waals surface area contributed by atoms with Crippen LogP contribution in [0.1, 0.15) is 21.5 Å². The van der Waals surface area contributed by atoms with Gasteiger partial charge in [-0.3, -0.25) is 0 Å². The van der Waals surface area contributed by atoms with Crippen LogP contribution < -0.4 is 0 Å². The van der Waals surface area contributed by atoms with Crippen molar-refractivity contribution >= 4 is 15.9 Å². The molecule has 0 heterocycles. The highest BCUT2D eigenvalue weighted by Gasteiger charge is 2.30. The summed E-state index contributed by atoms with van der Waals surface area (Å²) < 4.78 is 50.9. The molecule has 5 heteroatoms. The molecule has 2 aromatic rings. The SMILES string of the molecule is Fc1ccccc1C(Br)Cc1ccc(C(F)(F)F)cc1. The van der Waals surface area contributed by atoms with E-state index in [2.05, 4.69) is 15.9 Å². The second-order valence-corrected chi connectivity index (χ2v) is 5.49. The minimum Gasteiger partial charge on any atom is -0.207 e. The highest BCUT2D eigenvalue weighted by molar-refractivity contribution is 9.09. The fraction of sp³-hybridized carbons (Fsp3) is 0.200. The zero-order valence-electron chi connectivity index (χ0n) is 10.3. The molecule has 106 valence electrons. The Morgan fingerprint density at radius 1 is 0.950 bits per heavy atom. The van der Waals surface area contributed by atoms with E-state index in [4.69, 9.17) is 0 Å². The van der Waals surface area contributed by atoms with Gasteiger partial charge < -0.3 is 0 Å². The van der Waals surface area contributed by atoms with Gasteiger partial charge in [-0.15, -0.1) is 0 Å². The lowest BCUT2D eigenvalue weighted by atomic mass is 10.0. The molecule has 1 unspecified atom stereocenters. The summed E-state index contributed by atoms with van der Waals surface area (Å²) >= 11 is 3.37. The summed E-state index contributed by atoms with van der Waals surface area (Å²) in [6.07, 6.45) is -3.92. The second-order valence-electron chi connectivity index (χ2n) is 4.39. The molecule has 0 aromatic heterocycles. The van der Waals surface area contributed by atoms with E-state index < -0.39 is 11.7 Å². The van der Waals surface area contributed by atoms with Crippen molar-refractivity contribution in [2.45, 2.75) is 17.4 Å². The van der Waals surface area contributed by atoms with Gasteiger partial charge in [-0.2, -0.15) is 13.2 Å². The van der Waals surface area contributed by atoms with E-state index in [1.54, 1.807) is 18.2 Å². The summed E-state index contributed by atoms with van der Waals surface area (Å²) in [5, 5.41) is 0. The topological polar surface area (TPSA) is 0 Å². The summed E-state index contributed by atoms with van der Waals surface area (Å²) in [4.78, 5) is -0.277. The number of hydrogen-bond donors (Lipinski definition) is 0. The molecule has 20 heavy (non-hydrogen) atoms. The quantitative estimate of drug-likeness (QED) is 0.506. The van der Waals surface area contributed by atoms with Gasteiger partial charge in [0, 0.05) is 10.4 Å². The Labute approximate surface area is 122 Å². The maximum atomic E-state index is 13.6. The van der Waals surface area contributed by atoms with Crippen molar-refractivity contribution in [2.75, 3.05) is 0 Å². The van der Waals surface area contributed by atoms with Crippen molar-refractivity contribution < 1.29 is 17.6 Å². The van der Waals surface area contributed by atoms with Crippen LogP contribution in [0.4, 0.5) is 17.6 Å². The molecule has 0 aliphatic carbocycles. The van der Waals surface area contributed by atoms with Crippen LogP contribution in [0, 0.1) is 5.82 Å². The Kier molecular flexibility index (Phi) is 4.48. The van der Waals surface area contributed by atoms with Gasteiger partial charge in [-0.05, 0) is 30.2 Å². The lowest BCUT2D eigenvalue weighted by molar-refractivity contribution is -0.137. The number of benzene rings is 2. The smallest absolute Gasteiger partial charge is 0.207 e. The van der Waals surface area contributed by atoms with Crippen LogP contribution >= 0.6 is 15.9 Å². The summed E-state index contributed by atoms with van der Waals surface area (Å²) in [7, 11) is 0. The first-order valence-electron chi connectivity index (χ1n) is 5.92. The third-order valence-electron chi connectivity index (χ3n) is 2.94. The van der Waals surface area contributed by atoms with Crippen molar-refractivity contribution in [3.8, 4) is 0 Å². The van der Waals surface area contributed by atoms with Gasteiger partial charge in [-0.25, -0.2) is 4.39 Å². The van der Waals surface area contributed by atoms with E-state index in [-0.39, 0.29) is 10.6 Å². The summed E-state index contributed by atoms with van der Waals surface area (Å²) in [5.74, 6) is -0.332. The minimum atomic E-state index is -4.34. The predicted molar refractivity (Wildman–Crippen MR) is 73.2 cm³/mol. The van der Waals surface area contributed by atoms with Crippen LogP contribution in [0.25, 0.3) is 0 Å². The zero-order chi connectivity index (χ0) is 14.8. The highest BCUT2D eigenvalue weighted by Crippen LogP contribution is 2.32. The predicted octanol–water partition coefficient (Wildman–Crippen LogP) is 5.52. The first kappa shape index (κ1) is 15.0. The standard InChI is InChI=1S/C15H11BrF4/c16-13(12-3-1-2-4-14(12)17)9-10-5-7-11(8-6-10)15(18,19)20/h1-8,13H,9H2. The van der Waals surface area contributed by atoms with Crippen LogP contribution in [0.3, 0.4) is 0 Å². The first-order valence-corrected chi connectivity index (χ1v) is 6.84. The molecule has 0 fully saturated rings. The lowest BCUT2D eigenvalue weighted by Crippen LogP contribution is -2.05. The fourth-order valence-electron chi connectivity index (χ4n) is 1.88. The Morgan fingerprint density at radius 3 is 2.10 bits per heavy atom. The summed E-state index contributed by atoms with van der Waals surface area (Å²) in [6, 6.07) is 11.2. The molecule has 0 saturated carbocycles. The molecular formula is C15H11BrF4. The van der Waals surface area contributed by atoms with Gasteiger partial charge in [0.05, 0.1) is 5.56 Å². The Hall–Kier alpha value is -1.36. The van der Waals surface area contributed by atoms with E-state index in [1.807, 2.05) is 0 Å². The van der Waals surface area contributed by atoms with E-state index in [0.29, 0.717) is 17.5 Å². The molecule has 0 saturated heterocycles. The van der Waals surface area contributed by atoms with E-state index in [0.717, 1.165) is 12.1 Å². The van der Waals surface area contributed by atoms with Crippen molar-refractivity contribution in [2.24, 2.45) is 0 Å². The number of alkyl halides is 4. The van der Waals surface area contributed by atoms with E-state index in [9.17, 15) is 17.6 Å². The molecule has 1 atom stereocenters. The Balaban J connectivity index is 2.13. The lowest BCUT2D eigenvalue weighted by Gasteiger charge is -2.12. The Morgan fingerprint density at radius 2 is 1.55 bits per heavy atom. The molecule has 2 rings (SSSR count). The van der Waals surface area contributed by atoms with Crippen molar-refractivity contribution in [1.82, 2.24) is 0 Å². The van der Waals surface area contributed by atoms with Crippen molar-refractivity contribution in [3.05, 3.63) is 71.0 Å². The molecule has 0 amide bonds. The molecule has 2 aromatic carbocycles. The molecular weight excluding hydrogens is 336 g/mol. The first-order chi connectivity index (χ1) is 9.38. The van der Waals surface area contributed by atoms with Crippen LogP contribution in [0.5, 0.6) is 0 Å². The molecule has 0 nitrogen and oxygen atoms in total. The highest BCUT2D eigenvalue weighted by atomic mass is 79.9. The van der Waals surface area contributed by atoms with Gasteiger partial charge in [-0.1, -0.05) is 46.3 Å². The molecule has 0 spiro atoms. The van der Waals surface area contributed by atoms with Gasteiger partial charge in [0.1, 0.15) is 5.82 Å². The third-order valence-corrected chi connectivity index (χ3v) is 3.76. The maximum absolute atomic E-state index is 13.6. The summed E-state index contributed by atoms with van der Waals surface area (Å²) in [5.41, 5.74) is 0.522. The van der Waals surface area contributed by atoms with Crippen LogP contribution in [0.15, 0.2) is 48.5 Å². The van der Waals surface area contributed by atoms with Gasteiger partial charge >= 0.3 is 6.18 Å². The van der Waals surface area contributed by atoms with Gasteiger partial charge in [0.15, 0.2) is 0 Å². The zero-order valence-corrected chi connectivity index (χ0v) is 11.9. The molecule has 0 bridgehead atoms. The van der Waals surface area contributed by atoms with Crippen molar-refractivity contribution in [1.29, 1.82) is 0 Å². The molecule has 0 N–H and O–H groups in total. The fourth-order valence-corrected chi connectivity index (χ4v) is 2.62. The maximum Gasteiger partial charge on any atom is 0.416 e. The van der Waals surface area contributed by atoms with Crippen LogP contribution in [0.2, 0.25) is 0 Å². The number of hydrogen-bond acceptors (Lipinski definition) is 0. The number of rotatable bonds is 3. The molecule has 0 aliphatic rings. The number of halogens is 5. The monoisotopic (exact) mass is 346 g/mol. The third kappa shape index (κ3) is 3.60. The average Bonchev–Trinajstić information content (AvgIpc) is 2.38. The minimum absolute atomic E-state index is 0.277. The van der Waals surface area contributed by atoms with Crippen LogP contribution in [-0.4, -0.2) is 0 Å². The molecule has 0 radical (unpaired) electrons. The van der Waals surface area contributed by atoms with Gasteiger partial charge in [0.2, 0.25) is 0 Å². The van der Waals surface area contributed by atoms with E-state index in [1.165, 1.54) is 18.2 Å². The summed E-state index contributed by atoms with van der Waals surface area (Å²) in [6.45, 7) is 0. The normalized spacial score (nSPS) is 13.2. The second kappa shape index (κ2) is 5.95. The van der Waals surface area contributed by atoms with E-state index >= 15 is 0 Å². The van der Waals surface area contributed by atoms with Crippen molar-refractivity contribution in [3.63, 3.8) is 0 Å². The van der Waals surface area contributed by atoms with Gasteiger partial charge in [0.25, 0.3) is 0 Å². The average molecular weight is 347 g/mol.